The summed E-state index contributed by atoms with van der Waals surface area (Å²) in [6.45, 7) is 1.78. The van der Waals surface area contributed by atoms with Crippen LogP contribution in [0.2, 0.25) is 0 Å². The van der Waals surface area contributed by atoms with Crippen LogP contribution in [0.1, 0.15) is 0 Å². The van der Waals surface area contributed by atoms with Gasteiger partial charge in [-0.1, -0.05) is 15.9 Å². The van der Waals surface area contributed by atoms with Crippen molar-refractivity contribution in [2.75, 3.05) is 26.7 Å². The van der Waals surface area contributed by atoms with E-state index in [0.29, 0.717) is 13.2 Å². The van der Waals surface area contributed by atoms with Crippen LogP contribution in [0.25, 0.3) is 0 Å². The third-order valence-electron chi connectivity index (χ3n) is 1.90. The molecule has 0 spiro atoms. The molecule has 1 aromatic rings. The maximum atomic E-state index is 8.45. The molecule has 0 radical (unpaired) electrons. The first-order valence-electron chi connectivity index (χ1n) is 4.66. The van der Waals surface area contributed by atoms with Gasteiger partial charge < -0.3 is 4.74 Å². The summed E-state index contributed by atoms with van der Waals surface area (Å²) in [6.07, 6.45) is 0. The molecular weight excluding hydrogens is 256 g/mol. The summed E-state index contributed by atoms with van der Waals surface area (Å²) in [5, 5.41) is 8.45. The van der Waals surface area contributed by atoms with Crippen LogP contribution in [0.15, 0.2) is 28.7 Å². The SMILES string of the molecule is CN(CC#N)CCOc1ccc(Br)cc1. The van der Waals surface area contributed by atoms with Crippen molar-refractivity contribution in [2.24, 2.45) is 0 Å². The van der Waals surface area contributed by atoms with E-state index in [2.05, 4.69) is 22.0 Å². The number of nitrogens with zero attached hydrogens (tertiary/aromatic N) is 2. The molecule has 80 valence electrons. The van der Waals surface area contributed by atoms with E-state index in [9.17, 15) is 0 Å². The van der Waals surface area contributed by atoms with Crippen molar-refractivity contribution in [2.45, 2.75) is 0 Å². The zero-order valence-electron chi connectivity index (χ0n) is 8.61. The first-order valence-corrected chi connectivity index (χ1v) is 5.45. The molecule has 15 heavy (non-hydrogen) atoms. The Morgan fingerprint density at radius 3 is 2.67 bits per heavy atom. The molecule has 0 saturated heterocycles. The fourth-order valence-electron chi connectivity index (χ4n) is 1.05. The molecule has 0 aliphatic carbocycles. The molecule has 0 aliphatic heterocycles. The van der Waals surface area contributed by atoms with Crippen LogP contribution in [-0.4, -0.2) is 31.6 Å². The number of rotatable bonds is 5. The van der Waals surface area contributed by atoms with Gasteiger partial charge in [0.1, 0.15) is 12.4 Å². The van der Waals surface area contributed by atoms with Gasteiger partial charge >= 0.3 is 0 Å². The summed E-state index contributed by atoms with van der Waals surface area (Å²) in [6, 6.07) is 9.79. The summed E-state index contributed by atoms with van der Waals surface area (Å²) in [4.78, 5) is 1.92. The van der Waals surface area contributed by atoms with E-state index in [1.807, 2.05) is 36.2 Å². The molecule has 4 heteroatoms. The van der Waals surface area contributed by atoms with Gasteiger partial charge in [-0.2, -0.15) is 5.26 Å². The molecule has 0 saturated carbocycles. The molecule has 1 rings (SSSR count). The number of halogens is 1. The second-order valence-electron chi connectivity index (χ2n) is 3.20. The summed E-state index contributed by atoms with van der Waals surface area (Å²) in [5.41, 5.74) is 0. The minimum absolute atomic E-state index is 0.434. The Bertz CT molecular complexity index is 331. The normalized spacial score (nSPS) is 10.0. The summed E-state index contributed by atoms with van der Waals surface area (Å²) in [7, 11) is 1.90. The average Bonchev–Trinajstić information content (AvgIpc) is 2.21. The largest absolute Gasteiger partial charge is 0.492 e. The van der Waals surface area contributed by atoms with E-state index in [1.165, 1.54) is 0 Å². The lowest BCUT2D eigenvalue weighted by atomic mass is 10.3. The summed E-state index contributed by atoms with van der Waals surface area (Å²) >= 11 is 3.36. The van der Waals surface area contributed by atoms with Gasteiger partial charge in [-0.25, -0.2) is 0 Å². The Kier molecular flexibility index (Phi) is 5.16. The highest BCUT2D eigenvalue weighted by Gasteiger charge is 1.97. The molecule has 1 aromatic carbocycles. The lowest BCUT2D eigenvalue weighted by Gasteiger charge is -2.12. The van der Waals surface area contributed by atoms with Gasteiger partial charge in [0.15, 0.2) is 0 Å². The molecule has 0 aliphatic rings. The van der Waals surface area contributed by atoms with Crippen molar-refractivity contribution in [1.29, 1.82) is 5.26 Å². The van der Waals surface area contributed by atoms with Crippen molar-refractivity contribution >= 4 is 15.9 Å². The van der Waals surface area contributed by atoms with Gasteiger partial charge in [0.05, 0.1) is 12.6 Å². The minimum atomic E-state index is 0.434. The number of nitriles is 1. The number of benzene rings is 1. The Morgan fingerprint density at radius 2 is 2.07 bits per heavy atom. The van der Waals surface area contributed by atoms with Crippen molar-refractivity contribution in [3.63, 3.8) is 0 Å². The maximum Gasteiger partial charge on any atom is 0.119 e. The standard InChI is InChI=1S/C11H13BrN2O/c1-14(7-6-13)8-9-15-11-4-2-10(12)3-5-11/h2-5H,7-9H2,1H3. The monoisotopic (exact) mass is 268 g/mol. The Morgan fingerprint density at radius 1 is 1.40 bits per heavy atom. The lowest BCUT2D eigenvalue weighted by Crippen LogP contribution is -2.24. The maximum absolute atomic E-state index is 8.45. The molecule has 0 atom stereocenters. The third-order valence-corrected chi connectivity index (χ3v) is 2.42. The van der Waals surface area contributed by atoms with Crippen LogP contribution >= 0.6 is 15.9 Å². The van der Waals surface area contributed by atoms with Crippen LogP contribution in [0.3, 0.4) is 0 Å². The van der Waals surface area contributed by atoms with E-state index < -0.39 is 0 Å². The highest BCUT2D eigenvalue weighted by Crippen LogP contribution is 2.15. The number of ether oxygens (including phenoxy) is 1. The zero-order valence-corrected chi connectivity index (χ0v) is 10.2. The number of likely N-dealkylation sites (N-methyl/N-ethyl adjacent to an activating group) is 1. The van der Waals surface area contributed by atoms with Crippen LogP contribution in [-0.2, 0) is 0 Å². The van der Waals surface area contributed by atoms with Crippen LogP contribution in [0.4, 0.5) is 0 Å². The zero-order chi connectivity index (χ0) is 11.1. The van der Waals surface area contributed by atoms with E-state index >= 15 is 0 Å². The number of hydrogen-bond acceptors (Lipinski definition) is 3. The molecule has 0 aromatic heterocycles. The predicted molar refractivity (Wildman–Crippen MR) is 62.7 cm³/mol. The minimum Gasteiger partial charge on any atom is -0.492 e. The fourth-order valence-corrected chi connectivity index (χ4v) is 1.31. The Balaban J connectivity index is 2.26. The first-order chi connectivity index (χ1) is 7.22. The highest BCUT2D eigenvalue weighted by molar-refractivity contribution is 9.10. The molecule has 0 N–H and O–H groups in total. The van der Waals surface area contributed by atoms with Crippen LogP contribution in [0, 0.1) is 11.3 Å². The van der Waals surface area contributed by atoms with E-state index in [-0.39, 0.29) is 0 Å². The van der Waals surface area contributed by atoms with E-state index in [1.54, 1.807) is 0 Å². The van der Waals surface area contributed by atoms with E-state index in [4.69, 9.17) is 10.00 Å². The summed E-state index contributed by atoms with van der Waals surface area (Å²) < 4.78 is 6.54. The van der Waals surface area contributed by atoms with E-state index in [0.717, 1.165) is 16.8 Å². The lowest BCUT2D eigenvalue weighted by molar-refractivity contribution is 0.251. The molecule has 0 heterocycles. The van der Waals surface area contributed by atoms with Gasteiger partial charge in [-0.3, -0.25) is 4.90 Å². The van der Waals surface area contributed by atoms with Gasteiger partial charge in [-0.15, -0.1) is 0 Å². The fraction of sp³-hybridized carbons (Fsp3) is 0.364. The van der Waals surface area contributed by atoms with Crippen molar-refractivity contribution in [1.82, 2.24) is 4.90 Å². The van der Waals surface area contributed by atoms with Crippen LogP contribution in [0.5, 0.6) is 5.75 Å². The van der Waals surface area contributed by atoms with Crippen molar-refractivity contribution in [3.05, 3.63) is 28.7 Å². The molecule has 0 bridgehead atoms. The molecule has 0 amide bonds. The molecule has 0 unspecified atom stereocenters. The van der Waals surface area contributed by atoms with Gasteiger partial charge in [-0.05, 0) is 31.3 Å². The molecule has 0 fully saturated rings. The predicted octanol–water partition coefficient (Wildman–Crippen LogP) is 2.28. The Hall–Kier alpha value is -1.05. The average molecular weight is 269 g/mol. The topological polar surface area (TPSA) is 36.3 Å². The summed E-state index contributed by atoms with van der Waals surface area (Å²) in [5.74, 6) is 0.851. The van der Waals surface area contributed by atoms with Crippen molar-refractivity contribution in [3.8, 4) is 11.8 Å². The van der Waals surface area contributed by atoms with Gasteiger partial charge in [0, 0.05) is 11.0 Å². The highest BCUT2D eigenvalue weighted by atomic mass is 79.9. The second-order valence-corrected chi connectivity index (χ2v) is 4.11. The molecular formula is C11H13BrN2O. The van der Waals surface area contributed by atoms with Crippen LogP contribution < -0.4 is 4.74 Å². The second kappa shape index (κ2) is 6.44. The smallest absolute Gasteiger partial charge is 0.119 e. The van der Waals surface area contributed by atoms with Gasteiger partial charge in [0.25, 0.3) is 0 Å². The third kappa shape index (κ3) is 4.82. The Labute approximate surface area is 98.4 Å². The van der Waals surface area contributed by atoms with Crippen molar-refractivity contribution < 1.29 is 4.74 Å². The first kappa shape index (κ1) is 12.0. The van der Waals surface area contributed by atoms with Gasteiger partial charge in [0.2, 0.25) is 0 Å². The molecule has 3 nitrogen and oxygen atoms in total. The quantitative estimate of drug-likeness (QED) is 0.769. The number of hydrogen-bond donors (Lipinski definition) is 0.